The molecule has 0 saturated carbocycles. The van der Waals surface area contributed by atoms with Crippen LogP contribution < -0.4 is 4.74 Å². The summed E-state index contributed by atoms with van der Waals surface area (Å²) >= 11 is 0. The lowest BCUT2D eigenvalue weighted by Crippen LogP contribution is -2.43. The van der Waals surface area contributed by atoms with Gasteiger partial charge in [0.05, 0.1) is 21.1 Å². The van der Waals surface area contributed by atoms with Gasteiger partial charge in [0.15, 0.2) is 5.75 Å². The number of non-ortho nitro benzene ring substituents is 1. The molecule has 1 atom stereocenters. The molecule has 10 heteroatoms. The van der Waals surface area contributed by atoms with E-state index in [0.29, 0.717) is 22.2 Å². The molecular weight excluding hydrogens is 397 g/mol. The van der Waals surface area contributed by atoms with Crippen LogP contribution in [0.1, 0.15) is 13.8 Å². The number of alkyl halides is 1. The molecule has 156 valence electrons. The molecule has 1 unspecified atom stereocenters. The van der Waals surface area contributed by atoms with E-state index in [1.54, 1.807) is 12.1 Å². The van der Waals surface area contributed by atoms with E-state index < -0.39 is 28.2 Å². The number of aliphatic hydroxyl groups excluding tert-OH is 1. The van der Waals surface area contributed by atoms with Crippen molar-refractivity contribution >= 4 is 22.3 Å². The number of aliphatic hydroxyl groups is 1. The van der Waals surface area contributed by atoms with Crippen LogP contribution in [0.25, 0.3) is 22.2 Å². The van der Waals surface area contributed by atoms with Gasteiger partial charge in [0.2, 0.25) is 0 Å². The standard InChI is InChI=1S/C20H18FN3O6/c1-20(2,19(25)11-21)30-18-10-13(4-8-17(18)24(28)29)15-6-3-12-9-14(23(26)27)5-7-16(12)22-15/h3-10,19,25H,11H2,1-2H3. The van der Waals surface area contributed by atoms with E-state index in [2.05, 4.69) is 4.98 Å². The third kappa shape index (κ3) is 4.18. The summed E-state index contributed by atoms with van der Waals surface area (Å²) in [7, 11) is 0. The van der Waals surface area contributed by atoms with Crippen molar-refractivity contribution in [3.05, 3.63) is 68.8 Å². The zero-order chi connectivity index (χ0) is 22.1. The highest BCUT2D eigenvalue weighted by molar-refractivity contribution is 5.84. The number of fused-ring (bicyclic) bond motifs is 1. The van der Waals surface area contributed by atoms with Gasteiger partial charge in [-0.05, 0) is 38.1 Å². The largest absolute Gasteiger partial charge is 0.478 e. The Balaban J connectivity index is 2.05. The molecule has 0 aliphatic carbocycles. The summed E-state index contributed by atoms with van der Waals surface area (Å²) < 4.78 is 18.5. The van der Waals surface area contributed by atoms with Crippen molar-refractivity contribution in [1.82, 2.24) is 4.98 Å². The molecule has 0 aliphatic rings. The number of pyridine rings is 1. The van der Waals surface area contributed by atoms with Crippen LogP contribution in [0.5, 0.6) is 5.75 Å². The van der Waals surface area contributed by atoms with Gasteiger partial charge >= 0.3 is 5.69 Å². The maximum atomic E-state index is 12.9. The number of nitrogens with zero attached hydrogens (tertiary/aromatic N) is 3. The van der Waals surface area contributed by atoms with Gasteiger partial charge in [0.1, 0.15) is 18.4 Å². The molecule has 3 aromatic rings. The average molecular weight is 415 g/mol. The Kier molecular flexibility index (Phi) is 5.61. The topological polar surface area (TPSA) is 129 Å². The smallest absolute Gasteiger partial charge is 0.310 e. The fourth-order valence-electron chi connectivity index (χ4n) is 2.83. The Bertz CT molecular complexity index is 1130. The van der Waals surface area contributed by atoms with Gasteiger partial charge in [-0.2, -0.15) is 0 Å². The lowest BCUT2D eigenvalue weighted by Gasteiger charge is -2.29. The first-order valence-corrected chi connectivity index (χ1v) is 8.89. The van der Waals surface area contributed by atoms with E-state index in [9.17, 15) is 29.7 Å². The molecule has 0 bridgehead atoms. The molecule has 1 aromatic heterocycles. The molecule has 0 radical (unpaired) electrons. The van der Waals surface area contributed by atoms with Gasteiger partial charge < -0.3 is 9.84 Å². The van der Waals surface area contributed by atoms with Crippen LogP contribution in [0.3, 0.4) is 0 Å². The number of nitro groups is 2. The van der Waals surface area contributed by atoms with E-state index in [1.165, 1.54) is 50.2 Å². The maximum absolute atomic E-state index is 12.9. The van der Waals surface area contributed by atoms with Gasteiger partial charge in [-0.3, -0.25) is 20.2 Å². The Morgan fingerprint density at radius 3 is 2.47 bits per heavy atom. The first-order chi connectivity index (χ1) is 14.1. The minimum atomic E-state index is -1.48. The highest BCUT2D eigenvalue weighted by Gasteiger charge is 2.32. The van der Waals surface area contributed by atoms with E-state index in [0.717, 1.165) is 0 Å². The molecule has 30 heavy (non-hydrogen) atoms. The van der Waals surface area contributed by atoms with Gasteiger partial charge in [-0.1, -0.05) is 6.07 Å². The van der Waals surface area contributed by atoms with Crippen LogP contribution in [0, 0.1) is 20.2 Å². The van der Waals surface area contributed by atoms with Crippen LogP contribution in [0.4, 0.5) is 15.8 Å². The molecule has 0 saturated heterocycles. The Hall–Kier alpha value is -3.66. The van der Waals surface area contributed by atoms with E-state index in [1.807, 2.05) is 0 Å². The van der Waals surface area contributed by atoms with Crippen LogP contribution in [0.15, 0.2) is 48.5 Å². The molecule has 0 amide bonds. The minimum Gasteiger partial charge on any atom is -0.478 e. The third-order valence-electron chi connectivity index (χ3n) is 4.66. The monoisotopic (exact) mass is 415 g/mol. The van der Waals surface area contributed by atoms with E-state index in [4.69, 9.17) is 4.74 Å². The number of ether oxygens (including phenoxy) is 1. The van der Waals surface area contributed by atoms with Crippen LogP contribution in [-0.2, 0) is 0 Å². The van der Waals surface area contributed by atoms with Crippen molar-refractivity contribution in [2.45, 2.75) is 25.6 Å². The van der Waals surface area contributed by atoms with Gasteiger partial charge in [-0.25, -0.2) is 9.37 Å². The quantitative estimate of drug-likeness (QED) is 0.452. The molecular formula is C20H18FN3O6. The third-order valence-corrected chi connectivity index (χ3v) is 4.66. The van der Waals surface area contributed by atoms with Crippen molar-refractivity contribution in [3.8, 4) is 17.0 Å². The summed E-state index contributed by atoms with van der Waals surface area (Å²) in [6, 6.07) is 11.7. The molecule has 3 rings (SSSR count). The molecule has 0 fully saturated rings. The van der Waals surface area contributed by atoms with Crippen molar-refractivity contribution in [2.75, 3.05) is 6.67 Å². The zero-order valence-corrected chi connectivity index (χ0v) is 16.1. The second kappa shape index (κ2) is 7.99. The van der Waals surface area contributed by atoms with Gasteiger partial charge in [0, 0.05) is 29.1 Å². The summed E-state index contributed by atoms with van der Waals surface area (Å²) in [5.74, 6) is -0.138. The number of aromatic nitrogens is 1. The minimum absolute atomic E-state index is 0.0586. The Morgan fingerprint density at radius 1 is 1.10 bits per heavy atom. The number of halogens is 1. The predicted molar refractivity (Wildman–Crippen MR) is 107 cm³/mol. The normalized spacial score (nSPS) is 12.5. The summed E-state index contributed by atoms with van der Waals surface area (Å²) in [6.07, 6.45) is -1.48. The SMILES string of the molecule is CC(C)(Oc1cc(-c2ccc3cc([N+](=O)[O-])ccc3n2)ccc1[N+](=O)[O-])C(O)CF. The summed E-state index contributed by atoms with van der Waals surface area (Å²) in [6.45, 7) is 1.78. The highest BCUT2D eigenvalue weighted by Crippen LogP contribution is 2.35. The first kappa shape index (κ1) is 21.1. The van der Waals surface area contributed by atoms with Gasteiger partial charge in [0.25, 0.3) is 5.69 Å². The lowest BCUT2D eigenvalue weighted by molar-refractivity contribution is -0.386. The number of hydrogen-bond acceptors (Lipinski definition) is 7. The van der Waals surface area contributed by atoms with Gasteiger partial charge in [-0.15, -0.1) is 0 Å². The number of rotatable bonds is 7. The van der Waals surface area contributed by atoms with Crippen LogP contribution in [-0.4, -0.2) is 38.3 Å². The Morgan fingerprint density at radius 2 is 1.83 bits per heavy atom. The van der Waals surface area contributed by atoms with Crippen molar-refractivity contribution < 1.29 is 24.1 Å². The molecule has 9 nitrogen and oxygen atoms in total. The van der Waals surface area contributed by atoms with Crippen molar-refractivity contribution in [1.29, 1.82) is 0 Å². The average Bonchev–Trinajstić information content (AvgIpc) is 2.71. The predicted octanol–water partition coefficient (Wildman–Crippen LogP) is 4.21. The second-order valence-corrected chi connectivity index (χ2v) is 7.15. The van der Waals surface area contributed by atoms with Crippen LogP contribution >= 0.6 is 0 Å². The molecule has 0 spiro atoms. The van der Waals surface area contributed by atoms with Crippen molar-refractivity contribution in [3.63, 3.8) is 0 Å². The zero-order valence-electron chi connectivity index (χ0n) is 16.1. The van der Waals surface area contributed by atoms with Crippen LogP contribution in [0.2, 0.25) is 0 Å². The summed E-state index contributed by atoms with van der Waals surface area (Å²) in [5.41, 5.74) is -0.354. The fourth-order valence-corrected chi connectivity index (χ4v) is 2.83. The number of nitro benzene ring substituents is 2. The van der Waals surface area contributed by atoms with E-state index in [-0.39, 0.29) is 17.1 Å². The Labute approximate surface area is 170 Å². The first-order valence-electron chi connectivity index (χ1n) is 8.89. The second-order valence-electron chi connectivity index (χ2n) is 7.15. The highest BCUT2D eigenvalue weighted by atomic mass is 19.1. The van der Waals surface area contributed by atoms with Crippen molar-refractivity contribution in [2.24, 2.45) is 0 Å². The summed E-state index contributed by atoms with van der Waals surface area (Å²) in [5, 5.41) is 32.7. The fraction of sp³-hybridized carbons (Fsp3) is 0.250. The molecule has 0 aliphatic heterocycles. The lowest BCUT2D eigenvalue weighted by atomic mass is 10.0. The molecule has 2 aromatic carbocycles. The molecule has 1 heterocycles. The summed E-state index contributed by atoms with van der Waals surface area (Å²) in [4.78, 5) is 25.6. The number of benzene rings is 2. The number of hydrogen-bond donors (Lipinski definition) is 1. The van der Waals surface area contributed by atoms with E-state index >= 15 is 0 Å². The molecule has 1 N–H and O–H groups in total. The maximum Gasteiger partial charge on any atom is 0.310 e.